The van der Waals surface area contributed by atoms with Crippen molar-refractivity contribution in [3.63, 3.8) is 0 Å². The Morgan fingerprint density at radius 3 is 2.44 bits per heavy atom. The molecule has 0 spiro atoms. The van der Waals surface area contributed by atoms with Crippen LogP contribution in [0.3, 0.4) is 0 Å². The maximum Gasteiger partial charge on any atom is 0.0521 e. The maximum atomic E-state index is 4.25. The topological polar surface area (TPSA) is 29.9 Å². The molecule has 1 N–H and O–H groups in total. The van der Waals surface area contributed by atoms with Gasteiger partial charge in [-0.2, -0.15) is 5.10 Å². The Balaban J connectivity index is 2.55. The molecule has 1 aromatic heterocycles. The fourth-order valence-electron chi connectivity index (χ4n) is 2.27. The highest BCUT2D eigenvalue weighted by Gasteiger charge is 2.16. The van der Waals surface area contributed by atoms with E-state index in [-0.39, 0.29) is 5.54 Å². The van der Waals surface area contributed by atoms with Gasteiger partial charge in [0.1, 0.15) is 0 Å². The first kappa shape index (κ1) is 15.2. The highest BCUT2D eigenvalue weighted by molar-refractivity contribution is 5.05. The normalized spacial score (nSPS) is 14.2. The lowest BCUT2D eigenvalue weighted by Gasteiger charge is -2.26. The summed E-state index contributed by atoms with van der Waals surface area (Å²) >= 11 is 0. The molecule has 1 rings (SSSR count). The van der Waals surface area contributed by atoms with Gasteiger partial charge in [0.2, 0.25) is 0 Å². The number of hydrogen-bond donors (Lipinski definition) is 1. The lowest BCUT2D eigenvalue weighted by molar-refractivity contribution is 0.331. The van der Waals surface area contributed by atoms with E-state index in [1.54, 1.807) is 0 Å². The van der Waals surface area contributed by atoms with Crippen molar-refractivity contribution in [2.24, 2.45) is 18.9 Å². The van der Waals surface area contributed by atoms with Crippen LogP contribution in [-0.4, -0.2) is 21.9 Å². The van der Waals surface area contributed by atoms with Gasteiger partial charge in [0.05, 0.1) is 6.20 Å². The first-order valence-corrected chi connectivity index (χ1v) is 6.99. The zero-order chi connectivity index (χ0) is 13.8. The summed E-state index contributed by atoms with van der Waals surface area (Å²) < 4.78 is 1.89. The summed E-state index contributed by atoms with van der Waals surface area (Å²) in [5.74, 6) is 1.43. The molecule has 0 radical (unpaired) electrons. The largest absolute Gasteiger partial charge is 0.312 e. The molecule has 0 saturated carbocycles. The summed E-state index contributed by atoms with van der Waals surface area (Å²) in [4.78, 5) is 0. The summed E-state index contributed by atoms with van der Waals surface area (Å²) in [5, 5.41) is 7.88. The Morgan fingerprint density at radius 1 is 1.33 bits per heavy atom. The van der Waals surface area contributed by atoms with Crippen molar-refractivity contribution in [1.82, 2.24) is 15.1 Å². The second kappa shape index (κ2) is 6.37. The SMILES string of the molecule is CC(C)CC(CNC(C)(C)C)Cc1cnn(C)c1. The Bertz CT molecular complexity index is 347. The van der Waals surface area contributed by atoms with Crippen LogP contribution in [0.2, 0.25) is 0 Å². The van der Waals surface area contributed by atoms with Gasteiger partial charge in [0.15, 0.2) is 0 Å². The Hall–Kier alpha value is -0.830. The van der Waals surface area contributed by atoms with Crippen molar-refractivity contribution in [2.45, 2.75) is 53.0 Å². The Labute approximate surface area is 112 Å². The van der Waals surface area contributed by atoms with Crippen molar-refractivity contribution in [3.8, 4) is 0 Å². The van der Waals surface area contributed by atoms with E-state index in [2.05, 4.69) is 51.2 Å². The molecule has 104 valence electrons. The van der Waals surface area contributed by atoms with E-state index in [1.807, 2.05) is 17.9 Å². The summed E-state index contributed by atoms with van der Waals surface area (Å²) in [5.41, 5.74) is 1.54. The van der Waals surface area contributed by atoms with Gasteiger partial charge in [0, 0.05) is 18.8 Å². The number of nitrogens with one attached hydrogen (secondary N) is 1. The minimum Gasteiger partial charge on any atom is -0.312 e. The molecular weight excluding hydrogens is 222 g/mol. The minimum atomic E-state index is 0.199. The number of rotatable bonds is 6. The summed E-state index contributed by atoms with van der Waals surface area (Å²) in [6.45, 7) is 12.4. The van der Waals surface area contributed by atoms with E-state index in [1.165, 1.54) is 12.0 Å². The molecule has 1 aromatic rings. The molecule has 0 aromatic carbocycles. The molecule has 0 amide bonds. The molecule has 1 heterocycles. The second-order valence-electron chi connectivity index (χ2n) is 6.85. The zero-order valence-electron chi connectivity index (χ0n) is 12.8. The van der Waals surface area contributed by atoms with Crippen LogP contribution in [0, 0.1) is 11.8 Å². The van der Waals surface area contributed by atoms with Crippen molar-refractivity contribution in [3.05, 3.63) is 18.0 Å². The molecule has 0 aliphatic rings. The van der Waals surface area contributed by atoms with Gasteiger partial charge < -0.3 is 5.32 Å². The van der Waals surface area contributed by atoms with E-state index in [4.69, 9.17) is 0 Å². The van der Waals surface area contributed by atoms with Crippen LogP contribution in [0.1, 0.15) is 46.6 Å². The van der Waals surface area contributed by atoms with Crippen LogP contribution >= 0.6 is 0 Å². The average molecular weight is 251 g/mol. The highest BCUT2D eigenvalue weighted by atomic mass is 15.2. The number of aromatic nitrogens is 2. The monoisotopic (exact) mass is 251 g/mol. The second-order valence-corrected chi connectivity index (χ2v) is 6.85. The van der Waals surface area contributed by atoms with Crippen molar-refractivity contribution in [2.75, 3.05) is 6.54 Å². The van der Waals surface area contributed by atoms with Crippen LogP contribution in [0.4, 0.5) is 0 Å². The van der Waals surface area contributed by atoms with E-state index in [0.717, 1.165) is 18.9 Å². The van der Waals surface area contributed by atoms with E-state index >= 15 is 0 Å². The molecule has 3 heteroatoms. The first-order valence-electron chi connectivity index (χ1n) is 6.99. The molecular formula is C15H29N3. The predicted molar refractivity (Wildman–Crippen MR) is 77.6 cm³/mol. The first-order chi connectivity index (χ1) is 8.26. The molecule has 1 unspecified atom stereocenters. The number of aryl methyl sites for hydroxylation is 1. The average Bonchev–Trinajstić information content (AvgIpc) is 2.58. The molecule has 0 aliphatic heterocycles. The Morgan fingerprint density at radius 2 is 2.00 bits per heavy atom. The third-order valence-electron chi connectivity index (χ3n) is 3.01. The van der Waals surface area contributed by atoms with Crippen molar-refractivity contribution in [1.29, 1.82) is 0 Å². The van der Waals surface area contributed by atoms with E-state index in [0.29, 0.717) is 5.92 Å². The highest BCUT2D eigenvalue weighted by Crippen LogP contribution is 2.17. The van der Waals surface area contributed by atoms with Gasteiger partial charge in [0.25, 0.3) is 0 Å². The van der Waals surface area contributed by atoms with Gasteiger partial charge in [-0.3, -0.25) is 4.68 Å². The zero-order valence-corrected chi connectivity index (χ0v) is 12.8. The third-order valence-corrected chi connectivity index (χ3v) is 3.01. The van der Waals surface area contributed by atoms with Gasteiger partial charge in [-0.05, 0) is 57.6 Å². The van der Waals surface area contributed by atoms with Crippen LogP contribution in [0.5, 0.6) is 0 Å². The van der Waals surface area contributed by atoms with Gasteiger partial charge in [-0.15, -0.1) is 0 Å². The number of hydrogen-bond acceptors (Lipinski definition) is 2. The quantitative estimate of drug-likeness (QED) is 0.842. The Kier molecular flexibility index (Phi) is 5.39. The molecule has 1 atom stereocenters. The maximum absolute atomic E-state index is 4.25. The predicted octanol–water partition coefficient (Wildman–Crippen LogP) is 3.01. The van der Waals surface area contributed by atoms with Gasteiger partial charge in [-0.25, -0.2) is 0 Å². The fraction of sp³-hybridized carbons (Fsp3) is 0.800. The van der Waals surface area contributed by atoms with Crippen LogP contribution < -0.4 is 5.32 Å². The van der Waals surface area contributed by atoms with Crippen LogP contribution in [-0.2, 0) is 13.5 Å². The molecule has 3 nitrogen and oxygen atoms in total. The minimum absolute atomic E-state index is 0.199. The van der Waals surface area contributed by atoms with Gasteiger partial charge in [-0.1, -0.05) is 13.8 Å². The third kappa shape index (κ3) is 6.20. The van der Waals surface area contributed by atoms with Gasteiger partial charge >= 0.3 is 0 Å². The molecule has 0 aliphatic carbocycles. The standard InChI is InChI=1S/C15H29N3/c1-12(2)7-13(9-16-15(3,4)5)8-14-10-17-18(6)11-14/h10-13,16H,7-9H2,1-6H3. The summed E-state index contributed by atoms with van der Waals surface area (Å²) in [6.07, 6.45) is 6.50. The molecule has 0 saturated heterocycles. The fourth-order valence-corrected chi connectivity index (χ4v) is 2.27. The van der Waals surface area contributed by atoms with E-state index < -0.39 is 0 Å². The number of nitrogens with zero attached hydrogens (tertiary/aromatic N) is 2. The van der Waals surface area contributed by atoms with Crippen LogP contribution in [0.25, 0.3) is 0 Å². The molecule has 0 bridgehead atoms. The van der Waals surface area contributed by atoms with E-state index in [9.17, 15) is 0 Å². The van der Waals surface area contributed by atoms with Crippen LogP contribution in [0.15, 0.2) is 12.4 Å². The molecule has 18 heavy (non-hydrogen) atoms. The van der Waals surface area contributed by atoms with Crippen molar-refractivity contribution < 1.29 is 0 Å². The smallest absolute Gasteiger partial charge is 0.0521 e. The summed E-state index contributed by atoms with van der Waals surface area (Å²) in [7, 11) is 1.98. The molecule has 0 fully saturated rings. The lowest BCUT2D eigenvalue weighted by atomic mass is 9.91. The summed E-state index contributed by atoms with van der Waals surface area (Å²) in [6, 6.07) is 0. The van der Waals surface area contributed by atoms with Crippen molar-refractivity contribution >= 4 is 0 Å². The lowest BCUT2D eigenvalue weighted by Crippen LogP contribution is -2.39.